The van der Waals surface area contributed by atoms with Crippen LogP contribution in [0.2, 0.25) is 10.0 Å². The van der Waals surface area contributed by atoms with Crippen molar-refractivity contribution < 1.29 is 13.9 Å². The molecular weight excluding hydrogens is 417 g/mol. The van der Waals surface area contributed by atoms with Crippen molar-refractivity contribution in [3.05, 3.63) is 82.1 Å². The van der Waals surface area contributed by atoms with E-state index in [1.165, 1.54) is 32.2 Å². The van der Waals surface area contributed by atoms with Crippen molar-refractivity contribution in [2.45, 2.75) is 19.4 Å². The van der Waals surface area contributed by atoms with Crippen LogP contribution in [0, 0.1) is 11.6 Å². The smallest absolute Gasteiger partial charge is 0.174 e. The molecule has 0 bridgehead atoms. The van der Waals surface area contributed by atoms with E-state index in [-0.39, 0.29) is 16.8 Å². The van der Waals surface area contributed by atoms with Gasteiger partial charge in [-0.2, -0.15) is 0 Å². The van der Waals surface area contributed by atoms with E-state index in [1.54, 1.807) is 40.9 Å². The van der Waals surface area contributed by atoms with Gasteiger partial charge in [-0.25, -0.2) is 13.8 Å². The highest BCUT2D eigenvalue weighted by Crippen LogP contribution is 2.35. The van der Waals surface area contributed by atoms with E-state index in [0.717, 1.165) is 0 Å². The van der Waals surface area contributed by atoms with E-state index in [9.17, 15) is 13.9 Å². The molecule has 0 amide bonds. The van der Waals surface area contributed by atoms with Gasteiger partial charge in [-0.15, -0.1) is 0 Å². The minimum Gasteiger partial charge on any atom is -0.386 e. The summed E-state index contributed by atoms with van der Waals surface area (Å²) in [6.45, 7) is 3.01. The number of benzene rings is 2. The Labute approximate surface area is 176 Å². The molecule has 0 aliphatic carbocycles. The number of pyridine rings is 1. The standard InChI is InChI=1S/C22H16Cl2F2N2O/c1-22(2,29)16-7-8-28-19(11-27-21(28)20(16)26)12-3-6-18(25)15(9-12)14-10-13(23)4-5-17(14)24/h3-11,29H,1-2H3. The van der Waals surface area contributed by atoms with Gasteiger partial charge in [0.15, 0.2) is 11.5 Å². The fourth-order valence-corrected chi connectivity index (χ4v) is 3.69. The van der Waals surface area contributed by atoms with Gasteiger partial charge in [0.2, 0.25) is 0 Å². The summed E-state index contributed by atoms with van der Waals surface area (Å²) in [5.41, 5.74) is 0.811. The number of halogens is 4. The Hall–Kier alpha value is -2.47. The van der Waals surface area contributed by atoms with E-state index >= 15 is 0 Å². The Bertz CT molecular complexity index is 1250. The lowest BCUT2D eigenvalue weighted by Gasteiger charge is -2.18. The number of fused-ring (bicyclic) bond motifs is 1. The van der Waals surface area contributed by atoms with E-state index in [1.807, 2.05) is 0 Å². The van der Waals surface area contributed by atoms with Crippen LogP contribution >= 0.6 is 23.2 Å². The number of aliphatic hydroxyl groups is 1. The summed E-state index contributed by atoms with van der Waals surface area (Å²) >= 11 is 12.3. The third kappa shape index (κ3) is 3.50. The van der Waals surface area contributed by atoms with Gasteiger partial charge in [0.25, 0.3) is 0 Å². The van der Waals surface area contributed by atoms with Crippen molar-refractivity contribution in [1.82, 2.24) is 9.38 Å². The van der Waals surface area contributed by atoms with Crippen molar-refractivity contribution >= 4 is 28.8 Å². The molecular formula is C22H16Cl2F2N2O. The largest absolute Gasteiger partial charge is 0.386 e. The van der Waals surface area contributed by atoms with Crippen molar-refractivity contribution in [2.24, 2.45) is 0 Å². The van der Waals surface area contributed by atoms with E-state index in [2.05, 4.69) is 4.98 Å². The molecule has 0 aliphatic heterocycles. The fraction of sp³-hybridized carbons (Fsp3) is 0.136. The highest BCUT2D eigenvalue weighted by atomic mass is 35.5. The molecule has 1 N–H and O–H groups in total. The summed E-state index contributed by atoms with van der Waals surface area (Å²) in [5, 5.41) is 11.0. The predicted octanol–water partition coefficient (Wildman–Crippen LogP) is 6.48. The summed E-state index contributed by atoms with van der Waals surface area (Å²) in [6, 6.07) is 10.9. The first-order chi connectivity index (χ1) is 13.7. The molecule has 29 heavy (non-hydrogen) atoms. The summed E-state index contributed by atoms with van der Waals surface area (Å²) in [6.07, 6.45) is 3.13. The molecule has 0 saturated heterocycles. The Morgan fingerprint density at radius 3 is 2.48 bits per heavy atom. The zero-order chi connectivity index (χ0) is 20.9. The maximum atomic E-state index is 14.9. The molecule has 0 unspecified atom stereocenters. The molecule has 148 valence electrons. The maximum Gasteiger partial charge on any atom is 0.174 e. The van der Waals surface area contributed by atoms with Gasteiger partial charge in [0, 0.05) is 38.5 Å². The second-order valence-electron chi connectivity index (χ2n) is 7.26. The number of imidazole rings is 1. The van der Waals surface area contributed by atoms with E-state index in [4.69, 9.17) is 23.2 Å². The van der Waals surface area contributed by atoms with Gasteiger partial charge in [-0.3, -0.25) is 4.40 Å². The molecule has 0 spiro atoms. The SMILES string of the molecule is CC(C)(O)c1ccn2c(-c3ccc(F)c(-c4cc(Cl)ccc4Cl)c3)cnc2c1F. The molecule has 4 aromatic rings. The highest BCUT2D eigenvalue weighted by Gasteiger charge is 2.24. The normalized spacial score (nSPS) is 12.0. The van der Waals surface area contributed by atoms with Gasteiger partial charge >= 0.3 is 0 Å². The Morgan fingerprint density at radius 1 is 1.00 bits per heavy atom. The lowest BCUT2D eigenvalue weighted by Crippen LogP contribution is -2.18. The van der Waals surface area contributed by atoms with Gasteiger partial charge in [0.1, 0.15) is 5.82 Å². The van der Waals surface area contributed by atoms with Crippen molar-refractivity contribution in [3.8, 4) is 22.4 Å². The van der Waals surface area contributed by atoms with Crippen molar-refractivity contribution in [2.75, 3.05) is 0 Å². The highest BCUT2D eigenvalue weighted by molar-refractivity contribution is 6.35. The van der Waals surface area contributed by atoms with Crippen LogP contribution in [0.15, 0.2) is 54.9 Å². The summed E-state index contributed by atoms with van der Waals surface area (Å²) in [7, 11) is 0. The lowest BCUT2D eigenvalue weighted by atomic mass is 9.99. The van der Waals surface area contributed by atoms with Crippen LogP contribution in [0.25, 0.3) is 28.0 Å². The van der Waals surface area contributed by atoms with E-state index in [0.29, 0.717) is 26.9 Å². The number of aromatic nitrogens is 2. The monoisotopic (exact) mass is 432 g/mol. The Kier molecular flexibility index (Phi) is 4.85. The first kappa shape index (κ1) is 19.8. The van der Waals surface area contributed by atoms with Crippen LogP contribution < -0.4 is 0 Å². The zero-order valence-corrected chi connectivity index (χ0v) is 17.1. The van der Waals surface area contributed by atoms with Gasteiger partial charge in [-0.05, 0) is 56.3 Å². The second kappa shape index (κ2) is 7.10. The van der Waals surface area contributed by atoms with Crippen LogP contribution in [-0.4, -0.2) is 14.5 Å². The van der Waals surface area contributed by atoms with Crippen LogP contribution in [0.5, 0.6) is 0 Å². The fourth-order valence-electron chi connectivity index (χ4n) is 3.30. The molecule has 0 saturated carbocycles. The maximum absolute atomic E-state index is 14.9. The van der Waals surface area contributed by atoms with Crippen LogP contribution in [0.4, 0.5) is 8.78 Å². The van der Waals surface area contributed by atoms with Gasteiger partial charge in [-0.1, -0.05) is 23.2 Å². The number of hydrogen-bond acceptors (Lipinski definition) is 2. The summed E-state index contributed by atoms with van der Waals surface area (Å²) in [5.74, 6) is -1.06. The molecule has 3 nitrogen and oxygen atoms in total. The summed E-state index contributed by atoms with van der Waals surface area (Å²) < 4.78 is 31.0. The first-order valence-electron chi connectivity index (χ1n) is 8.80. The molecule has 0 aliphatic rings. The van der Waals surface area contributed by atoms with Crippen LogP contribution in [0.1, 0.15) is 19.4 Å². The zero-order valence-electron chi connectivity index (χ0n) is 15.5. The molecule has 0 radical (unpaired) electrons. The minimum absolute atomic E-state index is 0.0753. The quantitative estimate of drug-likeness (QED) is 0.402. The average molecular weight is 433 g/mol. The molecule has 2 aromatic heterocycles. The summed E-state index contributed by atoms with van der Waals surface area (Å²) in [4.78, 5) is 4.16. The Balaban J connectivity index is 1.89. The molecule has 0 atom stereocenters. The van der Waals surface area contributed by atoms with E-state index < -0.39 is 17.2 Å². The number of hydrogen-bond donors (Lipinski definition) is 1. The molecule has 4 rings (SSSR count). The third-order valence-corrected chi connectivity index (χ3v) is 5.32. The molecule has 0 fully saturated rings. The topological polar surface area (TPSA) is 37.5 Å². The van der Waals surface area contributed by atoms with Crippen molar-refractivity contribution in [1.29, 1.82) is 0 Å². The average Bonchev–Trinajstić information content (AvgIpc) is 3.08. The Morgan fingerprint density at radius 2 is 1.76 bits per heavy atom. The third-order valence-electron chi connectivity index (χ3n) is 4.76. The lowest BCUT2D eigenvalue weighted by molar-refractivity contribution is 0.0746. The molecule has 7 heteroatoms. The predicted molar refractivity (Wildman–Crippen MR) is 111 cm³/mol. The van der Waals surface area contributed by atoms with Gasteiger partial charge in [0.05, 0.1) is 17.5 Å². The number of rotatable bonds is 3. The minimum atomic E-state index is -1.34. The van der Waals surface area contributed by atoms with Crippen molar-refractivity contribution in [3.63, 3.8) is 0 Å². The number of nitrogens with zero attached hydrogens (tertiary/aromatic N) is 2. The molecule has 2 heterocycles. The van der Waals surface area contributed by atoms with Crippen LogP contribution in [0.3, 0.4) is 0 Å². The molecule has 2 aromatic carbocycles. The van der Waals surface area contributed by atoms with Gasteiger partial charge < -0.3 is 5.11 Å². The first-order valence-corrected chi connectivity index (χ1v) is 9.56. The van der Waals surface area contributed by atoms with Crippen LogP contribution in [-0.2, 0) is 5.60 Å². The second-order valence-corrected chi connectivity index (χ2v) is 8.10.